The lowest BCUT2D eigenvalue weighted by Gasteiger charge is -2.03. The summed E-state index contributed by atoms with van der Waals surface area (Å²) in [5, 5.41) is 3.05. The molecule has 0 aromatic carbocycles. The summed E-state index contributed by atoms with van der Waals surface area (Å²) >= 11 is 0. The van der Waals surface area contributed by atoms with Gasteiger partial charge < -0.3 is 10.1 Å². The van der Waals surface area contributed by atoms with Crippen molar-refractivity contribution in [2.24, 2.45) is 0 Å². The number of ether oxygens (including phenoxy) is 1. The number of carbonyl (C=O) groups excluding carboxylic acids is 1. The lowest BCUT2D eigenvalue weighted by Crippen LogP contribution is -2.20. The maximum Gasteiger partial charge on any atom is 0.307 e. The maximum absolute atomic E-state index is 10.9. The molecule has 0 aromatic rings. The number of esters is 1. The summed E-state index contributed by atoms with van der Waals surface area (Å²) in [7, 11) is 0. The average molecular weight is 183 g/mol. The summed E-state index contributed by atoms with van der Waals surface area (Å²) in [6.07, 6.45) is 2.09. The Balaban J connectivity index is 3.30. The van der Waals surface area contributed by atoms with E-state index in [1.807, 2.05) is 0 Å². The van der Waals surface area contributed by atoms with Crippen LogP contribution in [0, 0.1) is 0 Å². The van der Waals surface area contributed by atoms with Crippen molar-refractivity contribution >= 4 is 5.97 Å². The van der Waals surface area contributed by atoms with E-state index < -0.39 is 0 Å². The summed E-state index contributed by atoms with van der Waals surface area (Å²) in [5.74, 6) is -0.167. The highest BCUT2D eigenvalue weighted by molar-refractivity contribution is 5.69. The zero-order valence-corrected chi connectivity index (χ0v) is 8.14. The molecule has 13 heavy (non-hydrogen) atoms. The predicted octanol–water partition coefficient (Wildman–Crippen LogP) is 1.27. The fourth-order valence-electron chi connectivity index (χ4n) is 0.745. The first kappa shape index (κ1) is 11.9. The highest BCUT2D eigenvalue weighted by Gasteiger charge is 1.99. The molecule has 0 aliphatic rings. The molecule has 0 bridgehead atoms. The standard InChI is InChI=1S/C10H17NO2/c1-4-9(3)8-11-7-6-10(12)13-5-2/h4,11H,1,3,5-8H2,2H3. The van der Waals surface area contributed by atoms with E-state index in [1.165, 1.54) is 0 Å². The predicted molar refractivity (Wildman–Crippen MR) is 53.5 cm³/mol. The van der Waals surface area contributed by atoms with E-state index in [2.05, 4.69) is 18.5 Å². The van der Waals surface area contributed by atoms with Gasteiger partial charge in [-0.2, -0.15) is 0 Å². The van der Waals surface area contributed by atoms with Crippen molar-refractivity contribution in [1.29, 1.82) is 0 Å². The number of nitrogens with one attached hydrogen (secondary N) is 1. The van der Waals surface area contributed by atoms with Crippen LogP contribution in [-0.4, -0.2) is 25.7 Å². The van der Waals surface area contributed by atoms with Gasteiger partial charge in [-0.05, 0) is 12.5 Å². The van der Waals surface area contributed by atoms with Crippen LogP contribution >= 0.6 is 0 Å². The largest absolute Gasteiger partial charge is 0.466 e. The van der Waals surface area contributed by atoms with Crippen LogP contribution in [0.4, 0.5) is 0 Å². The van der Waals surface area contributed by atoms with E-state index in [1.54, 1.807) is 13.0 Å². The molecule has 1 N–H and O–H groups in total. The molecule has 0 atom stereocenters. The summed E-state index contributed by atoms with van der Waals surface area (Å²) in [5.41, 5.74) is 0.920. The molecule has 3 nitrogen and oxygen atoms in total. The van der Waals surface area contributed by atoms with Gasteiger partial charge in [0, 0.05) is 13.1 Å². The van der Waals surface area contributed by atoms with Crippen molar-refractivity contribution in [3.05, 3.63) is 24.8 Å². The lowest BCUT2D eigenvalue weighted by molar-refractivity contribution is -0.142. The molecule has 0 unspecified atom stereocenters. The van der Waals surface area contributed by atoms with E-state index >= 15 is 0 Å². The van der Waals surface area contributed by atoms with Crippen molar-refractivity contribution in [3.63, 3.8) is 0 Å². The van der Waals surface area contributed by atoms with Gasteiger partial charge in [0.05, 0.1) is 13.0 Å². The van der Waals surface area contributed by atoms with Crippen LogP contribution in [0.25, 0.3) is 0 Å². The van der Waals surface area contributed by atoms with Gasteiger partial charge in [0.15, 0.2) is 0 Å². The fourth-order valence-corrected chi connectivity index (χ4v) is 0.745. The third kappa shape index (κ3) is 7.28. The molecule has 0 amide bonds. The van der Waals surface area contributed by atoms with Gasteiger partial charge in [-0.25, -0.2) is 0 Å². The molecule has 74 valence electrons. The smallest absolute Gasteiger partial charge is 0.307 e. The molecule has 0 rings (SSSR count). The van der Waals surface area contributed by atoms with Crippen molar-refractivity contribution in [3.8, 4) is 0 Å². The van der Waals surface area contributed by atoms with Gasteiger partial charge in [0.25, 0.3) is 0 Å². The van der Waals surface area contributed by atoms with Crippen LogP contribution in [0.15, 0.2) is 24.8 Å². The van der Waals surface area contributed by atoms with E-state index in [9.17, 15) is 4.79 Å². The molecule has 0 radical (unpaired) electrons. The van der Waals surface area contributed by atoms with Gasteiger partial charge in [-0.15, -0.1) is 0 Å². The van der Waals surface area contributed by atoms with Crippen molar-refractivity contribution in [1.82, 2.24) is 5.32 Å². The van der Waals surface area contributed by atoms with Crippen molar-refractivity contribution in [2.75, 3.05) is 19.7 Å². The molecule has 0 aliphatic carbocycles. The molecule has 0 heterocycles. The van der Waals surface area contributed by atoms with Crippen LogP contribution < -0.4 is 5.32 Å². The molecule has 3 heteroatoms. The summed E-state index contributed by atoms with van der Waals surface area (Å²) in [6.45, 7) is 10.8. The van der Waals surface area contributed by atoms with Crippen LogP contribution in [0.2, 0.25) is 0 Å². The Morgan fingerprint density at radius 3 is 2.85 bits per heavy atom. The Bertz CT molecular complexity index is 187. The molecule has 0 spiro atoms. The summed E-state index contributed by atoms with van der Waals surface area (Å²) in [4.78, 5) is 10.9. The maximum atomic E-state index is 10.9. The second kappa shape index (κ2) is 7.55. The molecular formula is C10H17NO2. The molecule has 0 aliphatic heterocycles. The molecule has 0 aromatic heterocycles. The highest BCUT2D eigenvalue weighted by Crippen LogP contribution is 1.88. The van der Waals surface area contributed by atoms with Crippen molar-refractivity contribution in [2.45, 2.75) is 13.3 Å². The Kier molecular flexibility index (Phi) is 6.92. The minimum Gasteiger partial charge on any atom is -0.466 e. The molecule has 0 saturated carbocycles. The average Bonchev–Trinajstić information content (AvgIpc) is 2.12. The summed E-state index contributed by atoms with van der Waals surface area (Å²) in [6, 6.07) is 0. The van der Waals surface area contributed by atoms with E-state index in [0.29, 0.717) is 26.1 Å². The van der Waals surface area contributed by atoms with Crippen molar-refractivity contribution < 1.29 is 9.53 Å². The number of hydrogen-bond acceptors (Lipinski definition) is 3. The SMILES string of the molecule is C=CC(=C)CNCCC(=O)OCC. The van der Waals surface area contributed by atoms with Gasteiger partial charge in [-0.3, -0.25) is 4.79 Å². The second-order valence-electron chi connectivity index (χ2n) is 2.59. The number of rotatable bonds is 7. The first-order chi connectivity index (χ1) is 6.20. The minimum absolute atomic E-state index is 0.167. The van der Waals surface area contributed by atoms with Gasteiger partial charge >= 0.3 is 5.97 Å². The van der Waals surface area contributed by atoms with E-state index in [0.717, 1.165) is 5.57 Å². The normalized spacial score (nSPS) is 9.31. The molecule has 0 saturated heterocycles. The third-order valence-electron chi connectivity index (χ3n) is 1.45. The Morgan fingerprint density at radius 2 is 2.31 bits per heavy atom. The lowest BCUT2D eigenvalue weighted by atomic mass is 10.3. The van der Waals surface area contributed by atoms with Crippen LogP contribution in [0.5, 0.6) is 0 Å². The topological polar surface area (TPSA) is 38.3 Å². The minimum atomic E-state index is -0.167. The Labute approximate surface area is 79.5 Å². The first-order valence-electron chi connectivity index (χ1n) is 4.37. The summed E-state index contributed by atoms with van der Waals surface area (Å²) < 4.78 is 4.75. The third-order valence-corrected chi connectivity index (χ3v) is 1.45. The fraction of sp³-hybridized carbons (Fsp3) is 0.500. The highest BCUT2D eigenvalue weighted by atomic mass is 16.5. The molecular weight excluding hydrogens is 166 g/mol. The van der Waals surface area contributed by atoms with Crippen LogP contribution in [-0.2, 0) is 9.53 Å². The first-order valence-corrected chi connectivity index (χ1v) is 4.37. The van der Waals surface area contributed by atoms with E-state index in [-0.39, 0.29) is 5.97 Å². The van der Waals surface area contributed by atoms with Crippen LogP contribution in [0.3, 0.4) is 0 Å². The van der Waals surface area contributed by atoms with Crippen LogP contribution in [0.1, 0.15) is 13.3 Å². The number of hydrogen-bond donors (Lipinski definition) is 1. The zero-order valence-electron chi connectivity index (χ0n) is 8.14. The number of carbonyl (C=O) groups is 1. The van der Waals surface area contributed by atoms with E-state index in [4.69, 9.17) is 4.74 Å². The van der Waals surface area contributed by atoms with Gasteiger partial charge in [-0.1, -0.05) is 19.2 Å². The second-order valence-corrected chi connectivity index (χ2v) is 2.59. The van der Waals surface area contributed by atoms with Gasteiger partial charge in [0.2, 0.25) is 0 Å². The molecule has 0 fully saturated rings. The van der Waals surface area contributed by atoms with Gasteiger partial charge in [0.1, 0.15) is 0 Å². The zero-order chi connectivity index (χ0) is 10.1. The quantitative estimate of drug-likeness (QED) is 0.367. The Hall–Kier alpha value is -1.09. The Morgan fingerprint density at radius 1 is 1.62 bits per heavy atom. The monoisotopic (exact) mass is 183 g/mol.